The standard InChI is InChI=1S/C18H27N3O3/c1-2-3-4-17(23)19-14-5-7-15(8-6-14)20-18(24)13-21-11-9-16(22)10-12-21/h5-8,16,22H,2-4,9-13H2,1H3,(H,19,23)(H,20,24). The summed E-state index contributed by atoms with van der Waals surface area (Å²) < 4.78 is 0. The zero-order valence-corrected chi connectivity index (χ0v) is 14.3. The summed E-state index contributed by atoms with van der Waals surface area (Å²) >= 11 is 0. The van der Waals surface area contributed by atoms with Crippen LogP contribution in [0.4, 0.5) is 11.4 Å². The number of piperidine rings is 1. The van der Waals surface area contributed by atoms with Gasteiger partial charge in [0.05, 0.1) is 12.6 Å². The maximum atomic E-state index is 12.1. The van der Waals surface area contributed by atoms with Gasteiger partial charge in [0.25, 0.3) is 0 Å². The van der Waals surface area contributed by atoms with Crippen molar-refractivity contribution in [3.8, 4) is 0 Å². The van der Waals surface area contributed by atoms with Crippen molar-refractivity contribution in [2.45, 2.75) is 45.1 Å². The van der Waals surface area contributed by atoms with E-state index in [2.05, 4.69) is 17.6 Å². The number of anilines is 2. The molecule has 6 nitrogen and oxygen atoms in total. The largest absolute Gasteiger partial charge is 0.393 e. The summed E-state index contributed by atoms with van der Waals surface area (Å²) in [5.74, 6) is -0.0490. The fraction of sp³-hybridized carbons (Fsp3) is 0.556. The summed E-state index contributed by atoms with van der Waals surface area (Å²) in [4.78, 5) is 25.8. The number of hydrogen-bond donors (Lipinski definition) is 3. The topological polar surface area (TPSA) is 81.7 Å². The monoisotopic (exact) mass is 333 g/mol. The highest BCUT2D eigenvalue weighted by Crippen LogP contribution is 2.15. The zero-order valence-electron chi connectivity index (χ0n) is 14.3. The Labute approximate surface area is 143 Å². The summed E-state index contributed by atoms with van der Waals surface area (Å²) in [6.07, 6.45) is 3.62. The summed E-state index contributed by atoms with van der Waals surface area (Å²) in [7, 11) is 0. The Morgan fingerprint density at radius 3 is 2.17 bits per heavy atom. The van der Waals surface area contributed by atoms with Crippen LogP contribution in [0.25, 0.3) is 0 Å². The number of carbonyl (C=O) groups excluding carboxylic acids is 2. The second kappa shape index (κ2) is 9.39. The van der Waals surface area contributed by atoms with Gasteiger partial charge in [-0.3, -0.25) is 14.5 Å². The van der Waals surface area contributed by atoms with E-state index >= 15 is 0 Å². The molecular formula is C18H27N3O3. The van der Waals surface area contributed by atoms with E-state index in [4.69, 9.17) is 0 Å². The van der Waals surface area contributed by atoms with Crippen LogP contribution in [-0.4, -0.2) is 47.6 Å². The highest BCUT2D eigenvalue weighted by Gasteiger charge is 2.18. The van der Waals surface area contributed by atoms with Gasteiger partial charge in [0.15, 0.2) is 0 Å². The van der Waals surface area contributed by atoms with Gasteiger partial charge < -0.3 is 15.7 Å². The lowest BCUT2D eigenvalue weighted by atomic mass is 10.1. The zero-order chi connectivity index (χ0) is 17.4. The fourth-order valence-electron chi connectivity index (χ4n) is 2.68. The van der Waals surface area contributed by atoms with E-state index < -0.39 is 0 Å². The van der Waals surface area contributed by atoms with Gasteiger partial charge in [0, 0.05) is 30.9 Å². The second-order valence-electron chi connectivity index (χ2n) is 6.28. The van der Waals surface area contributed by atoms with Crippen LogP contribution in [0.15, 0.2) is 24.3 Å². The summed E-state index contributed by atoms with van der Waals surface area (Å²) in [6.45, 7) is 3.88. The van der Waals surface area contributed by atoms with Crippen LogP contribution in [-0.2, 0) is 9.59 Å². The summed E-state index contributed by atoms with van der Waals surface area (Å²) in [5, 5.41) is 15.2. The number of carbonyl (C=O) groups is 2. The van der Waals surface area contributed by atoms with Crippen LogP contribution in [0.3, 0.4) is 0 Å². The molecule has 2 rings (SSSR count). The van der Waals surface area contributed by atoms with Gasteiger partial charge >= 0.3 is 0 Å². The van der Waals surface area contributed by atoms with Gasteiger partial charge in [0.1, 0.15) is 0 Å². The number of amides is 2. The van der Waals surface area contributed by atoms with Crippen molar-refractivity contribution in [3.63, 3.8) is 0 Å². The number of nitrogens with zero attached hydrogens (tertiary/aromatic N) is 1. The number of unbranched alkanes of at least 4 members (excludes halogenated alkanes) is 1. The minimum absolute atomic E-state index is 0.0147. The summed E-state index contributed by atoms with van der Waals surface area (Å²) in [6, 6.07) is 7.15. The van der Waals surface area contributed by atoms with E-state index in [1.165, 1.54) is 0 Å². The lowest BCUT2D eigenvalue weighted by Crippen LogP contribution is -2.40. The molecule has 1 aromatic rings. The van der Waals surface area contributed by atoms with Crippen molar-refractivity contribution < 1.29 is 14.7 Å². The van der Waals surface area contributed by atoms with Gasteiger partial charge in [-0.05, 0) is 43.5 Å². The molecule has 1 aliphatic rings. The van der Waals surface area contributed by atoms with Crippen molar-refractivity contribution in [1.82, 2.24) is 4.90 Å². The van der Waals surface area contributed by atoms with E-state index in [-0.39, 0.29) is 17.9 Å². The van der Waals surface area contributed by atoms with Crippen molar-refractivity contribution in [1.29, 1.82) is 0 Å². The molecular weight excluding hydrogens is 306 g/mol. The van der Waals surface area contributed by atoms with Gasteiger partial charge in [-0.1, -0.05) is 13.3 Å². The first kappa shape index (κ1) is 18.4. The lowest BCUT2D eigenvalue weighted by molar-refractivity contribution is -0.118. The molecule has 24 heavy (non-hydrogen) atoms. The van der Waals surface area contributed by atoms with Gasteiger partial charge in [-0.25, -0.2) is 0 Å². The molecule has 0 aliphatic carbocycles. The normalized spacial score (nSPS) is 15.9. The molecule has 0 saturated carbocycles. The molecule has 0 bridgehead atoms. The number of hydrogen-bond acceptors (Lipinski definition) is 4. The maximum absolute atomic E-state index is 12.1. The predicted octanol–water partition coefficient (Wildman–Crippen LogP) is 2.21. The SMILES string of the molecule is CCCCC(=O)Nc1ccc(NC(=O)CN2CCC(O)CC2)cc1. The van der Waals surface area contributed by atoms with E-state index in [1.54, 1.807) is 24.3 Å². The average Bonchev–Trinajstić information content (AvgIpc) is 2.57. The number of benzene rings is 1. The van der Waals surface area contributed by atoms with Crippen LogP contribution in [0.2, 0.25) is 0 Å². The Bertz CT molecular complexity index is 537. The van der Waals surface area contributed by atoms with Gasteiger partial charge in [0.2, 0.25) is 11.8 Å². The number of likely N-dealkylation sites (tertiary alicyclic amines) is 1. The van der Waals surface area contributed by atoms with Crippen LogP contribution in [0, 0.1) is 0 Å². The van der Waals surface area contributed by atoms with E-state index in [1.807, 2.05) is 4.90 Å². The summed E-state index contributed by atoms with van der Waals surface area (Å²) in [5.41, 5.74) is 1.45. The molecule has 0 aromatic heterocycles. The van der Waals surface area contributed by atoms with Crippen LogP contribution < -0.4 is 10.6 Å². The van der Waals surface area contributed by atoms with Gasteiger partial charge in [-0.2, -0.15) is 0 Å². The van der Waals surface area contributed by atoms with E-state index in [9.17, 15) is 14.7 Å². The molecule has 0 radical (unpaired) electrons. The molecule has 2 amide bonds. The minimum atomic E-state index is -0.232. The first-order valence-corrected chi connectivity index (χ1v) is 8.67. The molecule has 0 spiro atoms. The minimum Gasteiger partial charge on any atom is -0.393 e. The lowest BCUT2D eigenvalue weighted by Gasteiger charge is -2.28. The average molecular weight is 333 g/mol. The quantitative estimate of drug-likeness (QED) is 0.714. The molecule has 132 valence electrons. The Kier molecular flexibility index (Phi) is 7.21. The fourth-order valence-corrected chi connectivity index (χ4v) is 2.68. The Hall–Kier alpha value is -1.92. The molecule has 0 unspecified atom stereocenters. The second-order valence-corrected chi connectivity index (χ2v) is 6.28. The Morgan fingerprint density at radius 2 is 1.62 bits per heavy atom. The third-order valence-electron chi connectivity index (χ3n) is 4.13. The van der Waals surface area contributed by atoms with Crippen molar-refractivity contribution >= 4 is 23.2 Å². The molecule has 3 N–H and O–H groups in total. The maximum Gasteiger partial charge on any atom is 0.238 e. The van der Waals surface area contributed by atoms with Crippen molar-refractivity contribution in [2.24, 2.45) is 0 Å². The smallest absolute Gasteiger partial charge is 0.238 e. The van der Waals surface area contributed by atoms with Crippen LogP contribution in [0.1, 0.15) is 39.0 Å². The Morgan fingerprint density at radius 1 is 1.08 bits per heavy atom. The van der Waals surface area contributed by atoms with Crippen molar-refractivity contribution in [3.05, 3.63) is 24.3 Å². The Balaban J connectivity index is 1.76. The molecule has 6 heteroatoms. The predicted molar refractivity (Wildman–Crippen MR) is 94.9 cm³/mol. The molecule has 1 fully saturated rings. The molecule has 1 saturated heterocycles. The molecule has 1 aromatic carbocycles. The molecule has 0 atom stereocenters. The van der Waals surface area contributed by atoms with E-state index in [0.717, 1.165) is 44.5 Å². The number of aliphatic hydroxyl groups is 1. The third-order valence-corrected chi connectivity index (χ3v) is 4.13. The first-order chi connectivity index (χ1) is 11.6. The molecule has 1 heterocycles. The van der Waals surface area contributed by atoms with Gasteiger partial charge in [-0.15, -0.1) is 0 Å². The highest BCUT2D eigenvalue weighted by molar-refractivity contribution is 5.93. The number of aliphatic hydroxyl groups excluding tert-OH is 1. The third kappa shape index (κ3) is 6.29. The van der Waals surface area contributed by atoms with Crippen LogP contribution >= 0.6 is 0 Å². The first-order valence-electron chi connectivity index (χ1n) is 8.67. The van der Waals surface area contributed by atoms with Crippen molar-refractivity contribution in [2.75, 3.05) is 30.3 Å². The highest BCUT2D eigenvalue weighted by atomic mass is 16.3. The number of rotatable bonds is 7. The molecule has 1 aliphatic heterocycles. The van der Waals surface area contributed by atoms with Crippen LogP contribution in [0.5, 0.6) is 0 Å². The number of nitrogens with one attached hydrogen (secondary N) is 2. The van der Waals surface area contributed by atoms with E-state index in [0.29, 0.717) is 18.7 Å².